The van der Waals surface area contributed by atoms with Gasteiger partial charge in [0, 0.05) is 31.4 Å². The third-order valence-electron chi connectivity index (χ3n) is 2.23. The molecule has 0 bridgehead atoms. The summed E-state index contributed by atoms with van der Waals surface area (Å²) in [6.07, 6.45) is 2.70. The molecule has 0 saturated heterocycles. The van der Waals surface area contributed by atoms with Gasteiger partial charge < -0.3 is 5.11 Å². The van der Waals surface area contributed by atoms with Gasteiger partial charge >= 0.3 is 0 Å². The zero-order chi connectivity index (χ0) is 11.1. The molecular weight excluding hydrogens is 188 g/mol. The van der Waals surface area contributed by atoms with E-state index in [-0.39, 0.29) is 6.73 Å². The predicted molar refractivity (Wildman–Crippen MR) is 61.4 cm³/mol. The van der Waals surface area contributed by atoms with Crippen molar-refractivity contribution in [2.75, 3.05) is 19.8 Å². The van der Waals surface area contributed by atoms with Crippen LogP contribution in [0.1, 0.15) is 19.5 Å². The fourth-order valence-electron chi connectivity index (χ4n) is 1.55. The SMILES string of the molecule is CC(C)CN(CO)CCc1ccccn1. The lowest BCUT2D eigenvalue weighted by Crippen LogP contribution is -2.30. The Labute approximate surface area is 91.8 Å². The normalized spacial score (nSPS) is 11.3. The average molecular weight is 208 g/mol. The number of aliphatic hydroxyl groups excluding tert-OH is 1. The highest BCUT2D eigenvalue weighted by atomic mass is 16.3. The molecule has 0 aliphatic carbocycles. The largest absolute Gasteiger partial charge is 0.381 e. The van der Waals surface area contributed by atoms with Crippen LogP contribution < -0.4 is 0 Å². The summed E-state index contributed by atoms with van der Waals surface area (Å²) in [5.41, 5.74) is 1.08. The number of hydrogen-bond donors (Lipinski definition) is 1. The van der Waals surface area contributed by atoms with Gasteiger partial charge in [-0.15, -0.1) is 0 Å². The van der Waals surface area contributed by atoms with Crippen LogP contribution in [0.4, 0.5) is 0 Å². The number of aromatic nitrogens is 1. The van der Waals surface area contributed by atoms with Gasteiger partial charge in [0.2, 0.25) is 0 Å². The molecule has 0 spiro atoms. The summed E-state index contributed by atoms with van der Waals surface area (Å²) in [5.74, 6) is 0.584. The Hall–Kier alpha value is -0.930. The van der Waals surface area contributed by atoms with E-state index < -0.39 is 0 Å². The van der Waals surface area contributed by atoms with Crippen LogP contribution in [-0.4, -0.2) is 34.8 Å². The van der Waals surface area contributed by atoms with E-state index in [0.717, 1.165) is 25.2 Å². The molecule has 0 unspecified atom stereocenters. The van der Waals surface area contributed by atoms with Crippen LogP contribution in [0.3, 0.4) is 0 Å². The lowest BCUT2D eigenvalue weighted by atomic mass is 10.2. The number of aliphatic hydroxyl groups is 1. The molecule has 1 aromatic rings. The topological polar surface area (TPSA) is 36.4 Å². The first-order valence-electron chi connectivity index (χ1n) is 5.45. The zero-order valence-corrected chi connectivity index (χ0v) is 9.56. The molecule has 0 saturated carbocycles. The first-order valence-corrected chi connectivity index (χ1v) is 5.45. The summed E-state index contributed by atoms with van der Waals surface area (Å²) >= 11 is 0. The van der Waals surface area contributed by atoms with Crippen molar-refractivity contribution >= 4 is 0 Å². The van der Waals surface area contributed by atoms with E-state index in [9.17, 15) is 0 Å². The quantitative estimate of drug-likeness (QED) is 0.720. The van der Waals surface area contributed by atoms with Gasteiger partial charge in [-0.3, -0.25) is 9.88 Å². The molecule has 1 aromatic heterocycles. The fraction of sp³-hybridized carbons (Fsp3) is 0.583. The van der Waals surface area contributed by atoms with Crippen LogP contribution in [0.5, 0.6) is 0 Å². The second-order valence-corrected chi connectivity index (χ2v) is 4.18. The minimum absolute atomic E-state index is 0.130. The van der Waals surface area contributed by atoms with E-state index in [0.29, 0.717) is 5.92 Å². The Morgan fingerprint density at radius 1 is 1.40 bits per heavy atom. The van der Waals surface area contributed by atoms with Gasteiger partial charge in [-0.2, -0.15) is 0 Å². The first-order chi connectivity index (χ1) is 7.22. The zero-order valence-electron chi connectivity index (χ0n) is 9.56. The molecule has 84 valence electrons. The van der Waals surface area contributed by atoms with Gasteiger partial charge in [-0.05, 0) is 18.1 Å². The summed E-state index contributed by atoms with van der Waals surface area (Å²) in [4.78, 5) is 6.30. The van der Waals surface area contributed by atoms with Gasteiger partial charge in [-0.1, -0.05) is 19.9 Å². The van der Waals surface area contributed by atoms with Crippen LogP contribution in [0.2, 0.25) is 0 Å². The monoisotopic (exact) mass is 208 g/mol. The van der Waals surface area contributed by atoms with Gasteiger partial charge in [0.15, 0.2) is 0 Å². The van der Waals surface area contributed by atoms with Crippen LogP contribution in [0.15, 0.2) is 24.4 Å². The van der Waals surface area contributed by atoms with Gasteiger partial charge in [0.25, 0.3) is 0 Å². The van der Waals surface area contributed by atoms with Gasteiger partial charge in [-0.25, -0.2) is 0 Å². The number of nitrogens with zero attached hydrogens (tertiary/aromatic N) is 2. The molecule has 0 aliphatic rings. The number of hydrogen-bond acceptors (Lipinski definition) is 3. The molecule has 1 N–H and O–H groups in total. The van der Waals surface area contributed by atoms with E-state index in [2.05, 4.69) is 18.8 Å². The Morgan fingerprint density at radius 3 is 2.73 bits per heavy atom. The van der Waals surface area contributed by atoms with Crippen molar-refractivity contribution in [3.63, 3.8) is 0 Å². The van der Waals surface area contributed by atoms with Crippen molar-refractivity contribution < 1.29 is 5.11 Å². The maximum atomic E-state index is 9.16. The molecule has 0 aromatic carbocycles. The molecular formula is C12H20N2O. The van der Waals surface area contributed by atoms with Crippen LogP contribution >= 0.6 is 0 Å². The molecule has 3 heteroatoms. The summed E-state index contributed by atoms with van der Waals surface area (Å²) in [6.45, 7) is 6.24. The highest BCUT2D eigenvalue weighted by Gasteiger charge is 2.05. The molecule has 1 rings (SSSR count). The van der Waals surface area contributed by atoms with Crippen molar-refractivity contribution in [3.05, 3.63) is 30.1 Å². The number of pyridine rings is 1. The average Bonchev–Trinajstić information content (AvgIpc) is 2.25. The summed E-state index contributed by atoms with van der Waals surface area (Å²) in [7, 11) is 0. The lowest BCUT2D eigenvalue weighted by Gasteiger charge is -2.21. The third kappa shape index (κ3) is 4.91. The molecule has 0 atom stereocenters. The van der Waals surface area contributed by atoms with E-state index in [1.807, 2.05) is 23.1 Å². The molecule has 15 heavy (non-hydrogen) atoms. The maximum Gasteiger partial charge on any atom is 0.0956 e. The predicted octanol–water partition coefficient (Wildman–Crippen LogP) is 1.53. The Kier molecular flexibility index (Phi) is 5.29. The highest BCUT2D eigenvalue weighted by Crippen LogP contribution is 2.01. The van der Waals surface area contributed by atoms with Crippen molar-refractivity contribution in [2.45, 2.75) is 20.3 Å². The molecule has 0 radical (unpaired) electrons. The van der Waals surface area contributed by atoms with Crippen LogP contribution in [0.25, 0.3) is 0 Å². The summed E-state index contributed by atoms with van der Waals surface area (Å²) in [6, 6.07) is 5.93. The van der Waals surface area contributed by atoms with E-state index in [4.69, 9.17) is 5.11 Å². The summed E-state index contributed by atoms with van der Waals surface area (Å²) < 4.78 is 0. The van der Waals surface area contributed by atoms with Crippen LogP contribution in [0, 0.1) is 5.92 Å². The Balaban J connectivity index is 2.34. The second kappa shape index (κ2) is 6.53. The van der Waals surface area contributed by atoms with E-state index in [1.165, 1.54) is 0 Å². The van der Waals surface area contributed by atoms with Crippen LogP contribution in [-0.2, 0) is 6.42 Å². The van der Waals surface area contributed by atoms with Gasteiger partial charge in [0.1, 0.15) is 0 Å². The second-order valence-electron chi connectivity index (χ2n) is 4.18. The minimum atomic E-state index is 0.130. The smallest absolute Gasteiger partial charge is 0.0956 e. The van der Waals surface area contributed by atoms with Crippen molar-refractivity contribution in [2.24, 2.45) is 5.92 Å². The molecule has 0 amide bonds. The molecule has 3 nitrogen and oxygen atoms in total. The molecule has 0 fully saturated rings. The Morgan fingerprint density at radius 2 is 2.20 bits per heavy atom. The summed E-state index contributed by atoms with van der Waals surface area (Å²) in [5, 5.41) is 9.16. The standard InChI is InChI=1S/C12H20N2O/c1-11(2)9-14(10-15)8-6-12-5-3-4-7-13-12/h3-5,7,11,15H,6,8-10H2,1-2H3. The van der Waals surface area contributed by atoms with Crippen molar-refractivity contribution in [1.29, 1.82) is 0 Å². The third-order valence-corrected chi connectivity index (χ3v) is 2.23. The Bertz CT molecular complexity index is 262. The molecule has 0 aliphatic heterocycles. The van der Waals surface area contributed by atoms with E-state index in [1.54, 1.807) is 6.20 Å². The minimum Gasteiger partial charge on any atom is -0.381 e. The van der Waals surface area contributed by atoms with Crippen molar-refractivity contribution in [1.82, 2.24) is 9.88 Å². The van der Waals surface area contributed by atoms with Crippen molar-refractivity contribution in [3.8, 4) is 0 Å². The van der Waals surface area contributed by atoms with E-state index >= 15 is 0 Å². The highest BCUT2D eigenvalue weighted by molar-refractivity contribution is 5.03. The first kappa shape index (κ1) is 12.1. The maximum absolute atomic E-state index is 9.16. The number of rotatable bonds is 6. The fourth-order valence-corrected chi connectivity index (χ4v) is 1.55. The lowest BCUT2D eigenvalue weighted by molar-refractivity contribution is 0.0969. The molecule has 1 heterocycles. The van der Waals surface area contributed by atoms with Gasteiger partial charge in [0.05, 0.1) is 6.73 Å².